The molecule has 0 aliphatic rings. The maximum atomic E-state index is 12.6. The molecule has 100 valence electrons. The molecule has 0 aliphatic heterocycles. The second kappa shape index (κ2) is 5.43. The predicted molar refractivity (Wildman–Crippen MR) is 80.4 cm³/mol. The molecule has 0 N–H and O–H groups in total. The third-order valence-corrected chi connectivity index (χ3v) is 3.34. The molecule has 0 aromatic heterocycles. The van der Waals surface area contributed by atoms with Gasteiger partial charge in [0.25, 0.3) is 5.91 Å². The molecule has 0 saturated heterocycles. The lowest BCUT2D eigenvalue weighted by atomic mass is 10.1. The summed E-state index contributed by atoms with van der Waals surface area (Å²) in [6.07, 6.45) is 0. The molecular weight excluding hydrogens is 234 g/mol. The van der Waals surface area contributed by atoms with E-state index >= 15 is 0 Å². The molecule has 0 spiro atoms. The second-order valence-corrected chi connectivity index (χ2v) is 5.46. The van der Waals surface area contributed by atoms with Gasteiger partial charge in [-0.2, -0.15) is 0 Å². The molecule has 0 atom stereocenters. The van der Waals surface area contributed by atoms with E-state index in [-0.39, 0.29) is 18.0 Å². The van der Waals surface area contributed by atoms with Crippen LogP contribution in [0.25, 0.3) is 10.8 Å². The molecule has 2 heteroatoms. The van der Waals surface area contributed by atoms with E-state index in [0.29, 0.717) is 0 Å². The molecule has 0 aliphatic carbocycles. The molecule has 19 heavy (non-hydrogen) atoms. The van der Waals surface area contributed by atoms with E-state index in [0.717, 1.165) is 10.9 Å². The number of benzene rings is 2. The quantitative estimate of drug-likeness (QED) is 0.808. The zero-order chi connectivity index (χ0) is 14.0. The average Bonchev–Trinajstić information content (AvgIpc) is 2.37. The highest BCUT2D eigenvalue weighted by atomic mass is 16.2. The van der Waals surface area contributed by atoms with Gasteiger partial charge in [0.05, 0.1) is 0 Å². The largest absolute Gasteiger partial charge is 0.334 e. The normalized spacial score (nSPS) is 11.3. The number of carbonyl (C=O) groups excluding carboxylic acids is 1. The Labute approximate surface area is 115 Å². The van der Waals surface area contributed by atoms with E-state index in [1.165, 1.54) is 5.39 Å². The van der Waals surface area contributed by atoms with E-state index in [1.54, 1.807) is 0 Å². The van der Waals surface area contributed by atoms with Gasteiger partial charge in [-0.05, 0) is 50.6 Å². The van der Waals surface area contributed by atoms with Crippen molar-refractivity contribution in [1.82, 2.24) is 4.90 Å². The molecule has 1 amide bonds. The minimum atomic E-state index is 0.107. The molecule has 0 radical (unpaired) electrons. The van der Waals surface area contributed by atoms with Crippen LogP contribution in [0.15, 0.2) is 42.5 Å². The summed E-state index contributed by atoms with van der Waals surface area (Å²) in [5.74, 6) is 0.107. The van der Waals surface area contributed by atoms with Crippen LogP contribution in [0.5, 0.6) is 0 Å². The summed E-state index contributed by atoms with van der Waals surface area (Å²) in [5, 5.41) is 2.28. The van der Waals surface area contributed by atoms with Crippen LogP contribution < -0.4 is 0 Å². The summed E-state index contributed by atoms with van der Waals surface area (Å²) in [6.45, 7) is 8.22. The summed E-state index contributed by atoms with van der Waals surface area (Å²) < 4.78 is 0. The molecule has 0 heterocycles. The van der Waals surface area contributed by atoms with Crippen LogP contribution in [0.1, 0.15) is 38.1 Å². The van der Waals surface area contributed by atoms with E-state index < -0.39 is 0 Å². The summed E-state index contributed by atoms with van der Waals surface area (Å²) in [5.41, 5.74) is 0.765. The Morgan fingerprint density at radius 1 is 0.895 bits per heavy atom. The van der Waals surface area contributed by atoms with Gasteiger partial charge in [0, 0.05) is 17.6 Å². The monoisotopic (exact) mass is 255 g/mol. The number of carbonyl (C=O) groups is 1. The fourth-order valence-corrected chi connectivity index (χ4v) is 2.54. The maximum absolute atomic E-state index is 12.6. The number of fused-ring (bicyclic) bond motifs is 1. The molecule has 2 aromatic rings. The lowest BCUT2D eigenvalue weighted by Gasteiger charge is -2.31. The van der Waals surface area contributed by atoms with Crippen LogP contribution in [-0.4, -0.2) is 22.9 Å². The van der Waals surface area contributed by atoms with Gasteiger partial charge < -0.3 is 4.90 Å². The SMILES string of the molecule is CC(C)N(C(=O)c1ccc2ccccc2c1)C(C)C. The van der Waals surface area contributed by atoms with Crippen LogP contribution in [0.2, 0.25) is 0 Å². The summed E-state index contributed by atoms with van der Waals surface area (Å²) in [7, 11) is 0. The lowest BCUT2D eigenvalue weighted by Crippen LogP contribution is -2.42. The average molecular weight is 255 g/mol. The highest BCUT2D eigenvalue weighted by Crippen LogP contribution is 2.18. The third-order valence-electron chi connectivity index (χ3n) is 3.34. The van der Waals surface area contributed by atoms with E-state index in [2.05, 4.69) is 33.8 Å². The molecule has 0 bridgehead atoms. The van der Waals surface area contributed by atoms with Crippen molar-refractivity contribution < 1.29 is 4.79 Å². The number of amides is 1. The fourth-order valence-electron chi connectivity index (χ4n) is 2.54. The van der Waals surface area contributed by atoms with Crippen LogP contribution in [0.3, 0.4) is 0 Å². The number of nitrogens with zero attached hydrogens (tertiary/aromatic N) is 1. The van der Waals surface area contributed by atoms with Gasteiger partial charge in [0.15, 0.2) is 0 Å². The van der Waals surface area contributed by atoms with Crippen LogP contribution in [0.4, 0.5) is 0 Å². The van der Waals surface area contributed by atoms with Gasteiger partial charge in [0.2, 0.25) is 0 Å². The summed E-state index contributed by atoms with van der Waals surface area (Å²) in [4.78, 5) is 14.5. The van der Waals surface area contributed by atoms with Crippen molar-refractivity contribution in [3.05, 3.63) is 48.0 Å². The number of hydrogen-bond acceptors (Lipinski definition) is 1. The standard InChI is InChI=1S/C17H21NO/c1-12(2)18(13(3)4)17(19)16-10-9-14-7-5-6-8-15(14)11-16/h5-13H,1-4H3. The molecule has 2 aromatic carbocycles. The number of hydrogen-bond donors (Lipinski definition) is 0. The van der Waals surface area contributed by atoms with Crippen molar-refractivity contribution in [1.29, 1.82) is 0 Å². The Bertz CT molecular complexity index is 579. The maximum Gasteiger partial charge on any atom is 0.254 e. The topological polar surface area (TPSA) is 20.3 Å². The lowest BCUT2D eigenvalue weighted by molar-refractivity contribution is 0.0644. The Kier molecular flexibility index (Phi) is 3.89. The van der Waals surface area contributed by atoms with Crippen molar-refractivity contribution >= 4 is 16.7 Å². The van der Waals surface area contributed by atoms with Crippen molar-refractivity contribution in [3.63, 3.8) is 0 Å². The molecule has 2 rings (SSSR count). The first-order chi connectivity index (χ1) is 9.00. The molecular formula is C17H21NO. The van der Waals surface area contributed by atoms with Gasteiger partial charge in [-0.1, -0.05) is 30.3 Å². The van der Waals surface area contributed by atoms with Gasteiger partial charge in [-0.3, -0.25) is 4.79 Å². The van der Waals surface area contributed by atoms with E-state index in [4.69, 9.17) is 0 Å². The Hall–Kier alpha value is -1.83. The predicted octanol–water partition coefficient (Wildman–Crippen LogP) is 4.10. The smallest absolute Gasteiger partial charge is 0.254 e. The van der Waals surface area contributed by atoms with Crippen LogP contribution >= 0.6 is 0 Å². The first-order valence-electron chi connectivity index (χ1n) is 6.82. The summed E-state index contributed by atoms with van der Waals surface area (Å²) >= 11 is 0. The van der Waals surface area contributed by atoms with Crippen molar-refractivity contribution in [2.24, 2.45) is 0 Å². The minimum absolute atomic E-state index is 0.107. The minimum Gasteiger partial charge on any atom is -0.334 e. The van der Waals surface area contributed by atoms with Crippen LogP contribution in [-0.2, 0) is 0 Å². The zero-order valence-electron chi connectivity index (χ0n) is 12.1. The van der Waals surface area contributed by atoms with E-state index in [9.17, 15) is 4.79 Å². The van der Waals surface area contributed by atoms with Gasteiger partial charge in [-0.25, -0.2) is 0 Å². The molecule has 0 saturated carbocycles. The highest BCUT2D eigenvalue weighted by molar-refractivity contribution is 5.98. The Morgan fingerprint density at radius 2 is 1.47 bits per heavy atom. The zero-order valence-corrected chi connectivity index (χ0v) is 12.1. The first kappa shape index (κ1) is 13.6. The molecule has 0 fully saturated rings. The van der Waals surface area contributed by atoms with Crippen molar-refractivity contribution in [3.8, 4) is 0 Å². The van der Waals surface area contributed by atoms with Gasteiger partial charge in [-0.15, -0.1) is 0 Å². The van der Waals surface area contributed by atoms with Crippen molar-refractivity contribution in [2.75, 3.05) is 0 Å². The van der Waals surface area contributed by atoms with Crippen molar-refractivity contribution in [2.45, 2.75) is 39.8 Å². The van der Waals surface area contributed by atoms with Gasteiger partial charge in [0.1, 0.15) is 0 Å². The summed E-state index contributed by atoms with van der Waals surface area (Å²) in [6, 6.07) is 14.4. The van der Waals surface area contributed by atoms with E-state index in [1.807, 2.05) is 41.3 Å². The van der Waals surface area contributed by atoms with Gasteiger partial charge >= 0.3 is 0 Å². The second-order valence-electron chi connectivity index (χ2n) is 5.46. The molecule has 0 unspecified atom stereocenters. The van der Waals surface area contributed by atoms with Crippen LogP contribution in [0, 0.1) is 0 Å². The first-order valence-corrected chi connectivity index (χ1v) is 6.82. The third kappa shape index (κ3) is 2.78. The highest BCUT2D eigenvalue weighted by Gasteiger charge is 2.21. The fraction of sp³-hybridized carbons (Fsp3) is 0.353. The molecule has 2 nitrogen and oxygen atoms in total. The Morgan fingerprint density at radius 3 is 2.05 bits per heavy atom. The Balaban J connectivity index is 2.40. The number of rotatable bonds is 3.